The van der Waals surface area contributed by atoms with Crippen molar-refractivity contribution in [3.63, 3.8) is 0 Å². The van der Waals surface area contributed by atoms with Gasteiger partial charge in [-0.2, -0.15) is 0 Å². The van der Waals surface area contributed by atoms with Crippen LogP contribution in [0.1, 0.15) is 18.0 Å². The van der Waals surface area contributed by atoms with Crippen LogP contribution in [0.15, 0.2) is 18.2 Å². The van der Waals surface area contributed by atoms with Gasteiger partial charge < -0.3 is 5.73 Å². The Morgan fingerprint density at radius 3 is 2.54 bits per heavy atom. The molecule has 0 aliphatic rings. The lowest BCUT2D eigenvalue weighted by atomic mass is 10.1. The molecule has 13 heavy (non-hydrogen) atoms. The summed E-state index contributed by atoms with van der Waals surface area (Å²) in [7, 11) is 0. The molecule has 0 amide bonds. The Kier molecular flexibility index (Phi) is 3.63. The summed E-state index contributed by atoms with van der Waals surface area (Å²) in [5, 5.41) is 0. The van der Waals surface area contributed by atoms with E-state index in [-0.39, 0.29) is 6.04 Å². The highest BCUT2D eigenvalue weighted by molar-refractivity contribution is 6.17. The third-order valence-corrected chi connectivity index (χ3v) is 2.01. The van der Waals surface area contributed by atoms with Crippen LogP contribution < -0.4 is 5.73 Å². The first kappa shape index (κ1) is 10.4. The quantitative estimate of drug-likeness (QED) is 0.755. The third-order valence-electron chi connectivity index (χ3n) is 1.79. The van der Waals surface area contributed by atoms with Gasteiger partial charge in [-0.25, -0.2) is 8.78 Å². The van der Waals surface area contributed by atoms with E-state index in [9.17, 15) is 8.78 Å². The fourth-order valence-corrected chi connectivity index (χ4v) is 1.26. The summed E-state index contributed by atoms with van der Waals surface area (Å²) in [4.78, 5) is 0. The van der Waals surface area contributed by atoms with Crippen molar-refractivity contribution in [2.45, 2.75) is 12.5 Å². The van der Waals surface area contributed by atoms with Gasteiger partial charge in [0.05, 0.1) is 0 Å². The van der Waals surface area contributed by atoms with Gasteiger partial charge in [-0.05, 0) is 24.1 Å². The summed E-state index contributed by atoms with van der Waals surface area (Å²) in [5.41, 5.74) is 6.22. The summed E-state index contributed by atoms with van der Waals surface area (Å²) >= 11 is 5.47. The molecule has 0 saturated heterocycles. The number of hydrogen-bond acceptors (Lipinski definition) is 1. The van der Waals surface area contributed by atoms with E-state index < -0.39 is 11.6 Å². The van der Waals surface area contributed by atoms with E-state index in [1.54, 1.807) is 0 Å². The molecule has 0 spiro atoms. The van der Waals surface area contributed by atoms with Crippen molar-refractivity contribution in [1.82, 2.24) is 0 Å². The molecule has 1 rings (SSSR count). The monoisotopic (exact) mass is 205 g/mol. The topological polar surface area (TPSA) is 26.0 Å². The zero-order valence-corrected chi connectivity index (χ0v) is 7.69. The van der Waals surface area contributed by atoms with Gasteiger partial charge in [0.2, 0.25) is 0 Å². The lowest BCUT2D eigenvalue weighted by Gasteiger charge is -2.09. The highest BCUT2D eigenvalue weighted by atomic mass is 35.5. The second-order valence-electron chi connectivity index (χ2n) is 2.76. The predicted molar refractivity (Wildman–Crippen MR) is 48.6 cm³/mol. The van der Waals surface area contributed by atoms with Crippen molar-refractivity contribution in [3.05, 3.63) is 35.4 Å². The Hall–Kier alpha value is -0.670. The Bertz CT molecular complexity index is 291. The molecule has 0 aromatic heterocycles. The maximum Gasteiger partial charge on any atom is 0.159 e. The van der Waals surface area contributed by atoms with Gasteiger partial charge in [-0.3, -0.25) is 0 Å². The zero-order valence-electron chi connectivity index (χ0n) is 6.93. The van der Waals surface area contributed by atoms with E-state index in [1.165, 1.54) is 6.07 Å². The van der Waals surface area contributed by atoms with Gasteiger partial charge in [0, 0.05) is 11.9 Å². The fourth-order valence-electron chi connectivity index (χ4n) is 1.03. The van der Waals surface area contributed by atoms with Crippen LogP contribution in [0.25, 0.3) is 0 Å². The third kappa shape index (κ3) is 2.64. The van der Waals surface area contributed by atoms with Crippen molar-refractivity contribution in [2.75, 3.05) is 5.88 Å². The number of hydrogen-bond donors (Lipinski definition) is 1. The van der Waals surface area contributed by atoms with Crippen molar-refractivity contribution >= 4 is 11.6 Å². The molecule has 0 fully saturated rings. The Balaban J connectivity index is 2.84. The first-order valence-electron chi connectivity index (χ1n) is 3.91. The second kappa shape index (κ2) is 4.53. The molecule has 72 valence electrons. The molecular formula is C9H10ClF2N. The summed E-state index contributed by atoms with van der Waals surface area (Å²) in [6.45, 7) is 0. The lowest BCUT2D eigenvalue weighted by molar-refractivity contribution is 0.505. The van der Waals surface area contributed by atoms with Gasteiger partial charge in [0.1, 0.15) is 0 Å². The molecule has 1 nitrogen and oxygen atoms in total. The highest BCUT2D eigenvalue weighted by Gasteiger charge is 2.08. The molecule has 1 atom stereocenters. The van der Waals surface area contributed by atoms with E-state index >= 15 is 0 Å². The van der Waals surface area contributed by atoms with Crippen LogP contribution in [-0.4, -0.2) is 5.88 Å². The first-order chi connectivity index (χ1) is 6.15. The number of alkyl halides is 1. The van der Waals surface area contributed by atoms with Crippen molar-refractivity contribution in [2.24, 2.45) is 5.73 Å². The van der Waals surface area contributed by atoms with Gasteiger partial charge in [0.25, 0.3) is 0 Å². The summed E-state index contributed by atoms with van der Waals surface area (Å²) in [6, 6.07) is 3.31. The predicted octanol–water partition coefficient (Wildman–Crippen LogP) is 2.59. The highest BCUT2D eigenvalue weighted by Crippen LogP contribution is 2.17. The van der Waals surface area contributed by atoms with Crippen LogP contribution in [0.4, 0.5) is 8.78 Å². The molecule has 1 aromatic rings. The Labute approximate surface area is 80.5 Å². The van der Waals surface area contributed by atoms with E-state index in [0.29, 0.717) is 17.9 Å². The van der Waals surface area contributed by atoms with E-state index in [2.05, 4.69) is 0 Å². The SMILES string of the molecule is NC(CCCl)c1ccc(F)c(F)c1. The van der Waals surface area contributed by atoms with E-state index in [0.717, 1.165) is 12.1 Å². The van der Waals surface area contributed by atoms with Crippen LogP contribution in [-0.2, 0) is 0 Å². The number of rotatable bonds is 3. The average molecular weight is 206 g/mol. The maximum absolute atomic E-state index is 12.7. The minimum absolute atomic E-state index is 0.326. The smallest absolute Gasteiger partial charge is 0.159 e. The van der Waals surface area contributed by atoms with E-state index in [4.69, 9.17) is 17.3 Å². The molecule has 0 aliphatic carbocycles. The molecular weight excluding hydrogens is 196 g/mol. The van der Waals surface area contributed by atoms with Crippen molar-refractivity contribution in [1.29, 1.82) is 0 Å². The molecule has 2 N–H and O–H groups in total. The number of benzene rings is 1. The standard InChI is InChI=1S/C9H10ClF2N/c10-4-3-9(13)6-1-2-7(11)8(12)5-6/h1-2,5,9H,3-4,13H2. The van der Waals surface area contributed by atoms with Crippen LogP contribution in [0, 0.1) is 11.6 Å². The second-order valence-corrected chi connectivity index (χ2v) is 3.14. The first-order valence-corrected chi connectivity index (χ1v) is 4.45. The normalized spacial score (nSPS) is 12.9. The fraction of sp³-hybridized carbons (Fsp3) is 0.333. The van der Waals surface area contributed by atoms with Crippen molar-refractivity contribution < 1.29 is 8.78 Å². The van der Waals surface area contributed by atoms with Gasteiger partial charge >= 0.3 is 0 Å². The van der Waals surface area contributed by atoms with Gasteiger partial charge in [-0.1, -0.05) is 6.07 Å². The number of nitrogens with two attached hydrogens (primary N) is 1. The van der Waals surface area contributed by atoms with Crippen LogP contribution in [0.5, 0.6) is 0 Å². The van der Waals surface area contributed by atoms with Crippen LogP contribution >= 0.6 is 11.6 Å². The van der Waals surface area contributed by atoms with Crippen LogP contribution in [0.2, 0.25) is 0 Å². The van der Waals surface area contributed by atoms with Gasteiger partial charge in [-0.15, -0.1) is 11.6 Å². The summed E-state index contributed by atoms with van der Waals surface area (Å²) in [5.74, 6) is -1.33. The average Bonchev–Trinajstić information content (AvgIpc) is 2.10. The molecule has 0 heterocycles. The molecule has 1 unspecified atom stereocenters. The summed E-state index contributed by atoms with van der Waals surface area (Å²) in [6.07, 6.45) is 0.548. The molecule has 4 heteroatoms. The lowest BCUT2D eigenvalue weighted by Crippen LogP contribution is -2.11. The molecule has 0 bridgehead atoms. The molecule has 0 saturated carbocycles. The minimum atomic E-state index is -0.873. The van der Waals surface area contributed by atoms with Gasteiger partial charge in [0.15, 0.2) is 11.6 Å². The van der Waals surface area contributed by atoms with Crippen molar-refractivity contribution in [3.8, 4) is 0 Å². The molecule has 0 aliphatic heterocycles. The van der Waals surface area contributed by atoms with Crippen LogP contribution in [0.3, 0.4) is 0 Å². The van der Waals surface area contributed by atoms with E-state index in [1.807, 2.05) is 0 Å². The molecule has 1 aromatic carbocycles. The zero-order chi connectivity index (χ0) is 9.84. The summed E-state index contributed by atoms with van der Waals surface area (Å²) < 4.78 is 25.2. The minimum Gasteiger partial charge on any atom is -0.324 e. The Morgan fingerprint density at radius 2 is 2.00 bits per heavy atom. The maximum atomic E-state index is 12.7. The largest absolute Gasteiger partial charge is 0.324 e. The number of halogens is 3. The molecule has 0 radical (unpaired) electrons. The Morgan fingerprint density at radius 1 is 1.31 bits per heavy atom.